The SMILES string of the molecule is O=C(c1ccc(F)cc1)c1ccc(OCC(=O)N(Cc2ccccc2)C2CCS(=O)(=O)C2)cc1. The zero-order valence-electron chi connectivity index (χ0n) is 18.4. The van der Waals surface area contributed by atoms with E-state index >= 15 is 0 Å². The molecule has 0 N–H and O–H groups in total. The number of hydrogen-bond donors (Lipinski definition) is 0. The summed E-state index contributed by atoms with van der Waals surface area (Å²) in [6.07, 6.45) is 0.404. The Kier molecular flexibility index (Phi) is 7.07. The number of nitrogens with zero attached hydrogens (tertiary/aromatic N) is 1. The van der Waals surface area contributed by atoms with Crippen molar-refractivity contribution in [3.8, 4) is 5.75 Å². The Morgan fingerprint density at radius 3 is 2.12 bits per heavy atom. The molecule has 34 heavy (non-hydrogen) atoms. The molecule has 0 aromatic heterocycles. The Morgan fingerprint density at radius 1 is 0.912 bits per heavy atom. The van der Waals surface area contributed by atoms with E-state index in [1.807, 2.05) is 30.3 Å². The highest BCUT2D eigenvalue weighted by Crippen LogP contribution is 2.21. The van der Waals surface area contributed by atoms with E-state index in [1.54, 1.807) is 29.2 Å². The van der Waals surface area contributed by atoms with Crippen molar-refractivity contribution >= 4 is 21.5 Å². The summed E-state index contributed by atoms with van der Waals surface area (Å²) in [6, 6.07) is 20.6. The third-order valence-electron chi connectivity index (χ3n) is 5.75. The van der Waals surface area contributed by atoms with E-state index in [4.69, 9.17) is 4.74 Å². The Morgan fingerprint density at radius 2 is 1.53 bits per heavy atom. The molecule has 6 nitrogen and oxygen atoms in total. The van der Waals surface area contributed by atoms with Crippen LogP contribution in [0.15, 0.2) is 78.9 Å². The Hall–Kier alpha value is -3.52. The first-order valence-electron chi connectivity index (χ1n) is 10.9. The Labute approximate surface area is 197 Å². The van der Waals surface area contributed by atoms with Gasteiger partial charge in [0.15, 0.2) is 22.2 Å². The zero-order chi connectivity index (χ0) is 24.1. The van der Waals surface area contributed by atoms with E-state index in [0.29, 0.717) is 29.8 Å². The van der Waals surface area contributed by atoms with Gasteiger partial charge in [-0.3, -0.25) is 9.59 Å². The molecule has 1 heterocycles. The minimum Gasteiger partial charge on any atom is -0.484 e. The number of benzene rings is 3. The maximum Gasteiger partial charge on any atom is 0.261 e. The van der Waals surface area contributed by atoms with E-state index < -0.39 is 21.7 Å². The number of sulfone groups is 1. The summed E-state index contributed by atoms with van der Waals surface area (Å²) >= 11 is 0. The average molecular weight is 482 g/mol. The van der Waals surface area contributed by atoms with Crippen molar-refractivity contribution in [3.05, 3.63) is 101 Å². The number of ether oxygens (including phenoxy) is 1. The topological polar surface area (TPSA) is 80.8 Å². The van der Waals surface area contributed by atoms with Crippen molar-refractivity contribution in [3.63, 3.8) is 0 Å². The molecule has 1 saturated heterocycles. The summed E-state index contributed by atoms with van der Waals surface area (Å²) in [5.41, 5.74) is 1.68. The van der Waals surface area contributed by atoms with Crippen LogP contribution in [0.4, 0.5) is 4.39 Å². The molecule has 0 bridgehead atoms. The molecule has 1 amide bonds. The molecule has 0 aliphatic carbocycles. The number of carbonyl (C=O) groups excluding carboxylic acids is 2. The van der Waals surface area contributed by atoms with Gasteiger partial charge < -0.3 is 9.64 Å². The van der Waals surface area contributed by atoms with Crippen LogP contribution in [0.2, 0.25) is 0 Å². The van der Waals surface area contributed by atoms with E-state index in [-0.39, 0.29) is 29.8 Å². The fraction of sp³-hybridized carbons (Fsp3) is 0.231. The molecular formula is C26H24FNO5S. The third kappa shape index (κ3) is 5.88. The highest BCUT2D eigenvalue weighted by Gasteiger charge is 2.34. The van der Waals surface area contributed by atoms with Crippen LogP contribution in [0.1, 0.15) is 27.9 Å². The summed E-state index contributed by atoms with van der Waals surface area (Å²) in [5, 5.41) is 0. The van der Waals surface area contributed by atoms with Gasteiger partial charge in [-0.05, 0) is 60.5 Å². The van der Waals surface area contributed by atoms with Crippen molar-refractivity contribution in [2.75, 3.05) is 18.1 Å². The highest BCUT2D eigenvalue weighted by molar-refractivity contribution is 7.91. The summed E-state index contributed by atoms with van der Waals surface area (Å²) < 4.78 is 42.7. The predicted molar refractivity (Wildman–Crippen MR) is 126 cm³/mol. The van der Waals surface area contributed by atoms with Crippen LogP contribution in [-0.2, 0) is 21.2 Å². The third-order valence-corrected chi connectivity index (χ3v) is 7.50. The normalized spacial score (nSPS) is 16.7. The standard InChI is InChI=1S/C26H24FNO5S/c27-22-10-6-20(7-11-22)26(30)21-8-12-24(13-9-21)33-17-25(29)28(16-19-4-2-1-3-5-19)23-14-15-34(31,32)18-23/h1-13,23H,14-18H2. The van der Waals surface area contributed by atoms with Crippen LogP contribution in [0.5, 0.6) is 5.75 Å². The minimum absolute atomic E-state index is 0.0498. The maximum absolute atomic E-state index is 13.1. The lowest BCUT2D eigenvalue weighted by atomic mass is 10.0. The molecule has 1 fully saturated rings. The first-order chi connectivity index (χ1) is 16.3. The molecular weight excluding hydrogens is 457 g/mol. The van der Waals surface area contributed by atoms with Gasteiger partial charge in [0.1, 0.15) is 11.6 Å². The number of amides is 1. The van der Waals surface area contributed by atoms with Crippen molar-refractivity contribution in [2.45, 2.75) is 19.0 Å². The van der Waals surface area contributed by atoms with Crippen molar-refractivity contribution in [1.29, 1.82) is 0 Å². The first kappa shape index (κ1) is 23.6. The fourth-order valence-corrected chi connectivity index (χ4v) is 5.65. The molecule has 3 aromatic rings. The lowest BCUT2D eigenvalue weighted by molar-refractivity contribution is -0.136. The summed E-state index contributed by atoms with van der Waals surface area (Å²) in [4.78, 5) is 27.1. The molecule has 3 aromatic carbocycles. The minimum atomic E-state index is -3.16. The summed E-state index contributed by atoms with van der Waals surface area (Å²) in [7, 11) is -3.16. The van der Waals surface area contributed by atoms with Crippen LogP contribution in [-0.4, -0.2) is 49.2 Å². The average Bonchev–Trinajstić information content (AvgIpc) is 3.21. The molecule has 1 unspecified atom stereocenters. The lowest BCUT2D eigenvalue weighted by Crippen LogP contribution is -2.43. The predicted octanol–water partition coefficient (Wildman–Crippen LogP) is 3.65. The van der Waals surface area contributed by atoms with Crippen LogP contribution in [0.3, 0.4) is 0 Å². The van der Waals surface area contributed by atoms with Gasteiger partial charge in [0.05, 0.1) is 11.5 Å². The van der Waals surface area contributed by atoms with E-state index in [0.717, 1.165) is 5.56 Å². The second kappa shape index (κ2) is 10.2. The number of carbonyl (C=O) groups is 2. The van der Waals surface area contributed by atoms with Gasteiger partial charge in [-0.25, -0.2) is 12.8 Å². The molecule has 1 aliphatic rings. The van der Waals surface area contributed by atoms with Crippen LogP contribution in [0.25, 0.3) is 0 Å². The van der Waals surface area contributed by atoms with E-state index in [2.05, 4.69) is 0 Å². The van der Waals surface area contributed by atoms with Gasteiger partial charge in [0.25, 0.3) is 5.91 Å². The van der Waals surface area contributed by atoms with Gasteiger partial charge in [-0.15, -0.1) is 0 Å². The van der Waals surface area contributed by atoms with Crippen LogP contribution in [0, 0.1) is 5.82 Å². The molecule has 0 saturated carbocycles. The van der Waals surface area contributed by atoms with Crippen molar-refractivity contribution in [1.82, 2.24) is 4.90 Å². The smallest absolute Gasteiger partial charge is 0.261 e. The monoisotopic (exact) mass is 481 g/mol. The number of ketones is 1. The summed E-state index contributed by atoms with van der Waals surface area (Å²) in [6.45, 7) is 0.0446. The van der Waals surface area contributed by atoms with Gasteiger partial charge in [-0.1, -0.05) is 30.3 Å². The molecule has 0 spiro atoms. The number of hydrogen-bond acceptors (Lipinski definition) is 5. The van der Waals surface area contributed by atoms with Crippen LogP contribution >= 0.6 is 0 Å². The molecule has 4 rings (SSSR count). The maximum atomic E-state index is 13.1. The molecule has 1 atom stereocenters. The quantitative estimate of drug-likeness (QED) is 0.459. The lowest BCUT2D eigenvalue weighted by Gasteiger charge is -2.28. The molecule has 0 radical (unpaired) electrons. The molecule has 8 heteroatoms. The second-order valence-electron chi connectivity index (χ2n) is 8.21. The van der Waals surface area contributed by atoms with Crippen LogP contribution < -0.4 is 4.74 Å². The molecule has 1 aliphatic heterocycles. The first-order valence-corrected chi connectivity index (χ1v) is 12.7. The molecule has 176 valence electrons. The van der Waals surface area contributed by atoms with Gasteiger partial charge in [-0.2, -0.15) is 0 Å². The fourth-order valence-electron chi connectivity index (χ4n) is 3.92. The van der Waals surface area contributed by atoms with Gasteiger partial charge in [0.2, 0.25) is 0 Å². The van der Waals surface area contributed by atoms with Crippen molar-refractivity contribution < 1.29 is 27.1 Å². The number of halogens is 1. The van der Waals surface area contributed by atoms with Gasteiger partial charge >= 0.3 is 0 Å². The van der Waals surface area contributed by atoms with Crippen molar-refractivity contribution in [2.24, 2.45) is 0 Å². The zero-order valence-corrected chi connectivity index (χ0v) is 19.2. The Balaban J connectivity index is 1.41. The number of rotatable bonds is 8. The van der Waals surface area contributed by atoms with E-state index in [1.165, 1.54) is 24.3 Å². The van der Waals surface area contributed by atoms with Gasteiger partial charge in [0, 0.05) is 23.7 Å². The van der Waals surface area contributed by atoms with E-state index in [9.17, 15) is 22.4 Å². The largest absolute Gasteiger partial charge is 0.484 e. The second-order valence-corrected chi connectivity index (χ2v) is 10.4. The highest BCUT2D eigenvalue weighted by atomic mass is 32.2. The summed E-state index contributed by atoms with van der Waals surface area (Å²) in [5.74, 6) is -0.549. The Bertz CT molecular complexity index is 1260.